The highest BCUT2D eigenvalue weighted by Gasteiger charge is 2.10. The van der Waals surface area contributed by atoms with Crippen LogP contribution in [0.5, 0.6) is 0 Å². The Hall–Kier alpha value is -4.12. The second kappa shape index (κ2) is 9.35. The van der Waals surface area contributed by atoms with E-state index < -0.39 is 0 Å². The van der Waals surface area contributed by atoms with Crippen molar-refractivity contribution in [1.29, 1.82) is 0 Å². The molecule has 0 spiro atoms. The lowest BCUT2D eigenvalue weighted by molar-refractivity contribution is 1.01. The second-order valence-corrected chi connectivity index (χ2v) is 7.75. The fourth-order valence-electron chi connectivity index (χ4n) is 3.80. The molecule has 0 unspecified atom stereocenters. The van der Waals surface area contributed by atoms with E-state index in [0.29, 0.717) is 0 Å². The van der Waals surface area contributed by atoms with Gasteiger partial charge in [0.15, 0.2) is 0 Å². The summed E-state index contributed by atoms with van der Waals surface area (Å²) in [4.78, 5) is 12.3. The summed E-state index contributed by atoms with van der Waals surface area (Å²) in [7, 11) is 0. The minimum Gasteiger partial charge on any atom is -0.381 e. The van der Waals surface area contributed by atoms with Crippen LogP contribution in [0.4, 0.5) is 11.5 Å². The fourth-order valence-corrected chi connectivity index (χ4v) is 3.80. The van der Waals surface area contributed by atoms with E-state index in [4.69, 9.17) is 0 Å². The molecule has 0 radical (unpaired) electrons. The molecule has 5 rings (SSSR count). The molecule has 0 aliphatic rings. The van der Waals surface area contributed by atoms with Crippen molar-refractivity contribution < 1.29 is 0 Å². The number of aromatic nitrogens is 3. The number of nitrogens with zero attached hydrogens (tertiary/aromatic N) is 2. The molecule has 158 valence electrons. The molecule has 0 atom stereocenters. The molecule has 0 aliphatic carbocycles. The van der Waals surface area contributed by atoms with Crippen LogP contribution in [0, 0.1) is 0 Å². The largest absolute Gasteiger partial charge is 0.381 e. The summed E-state index contributed by atoms with van der Waals surface area (Å²) in [5.41, 5.74) is 6.60. The second-order valence-electron chi connectivity index (χ2n) is 7.75. The highest BCUT2D eigenvalue weighted by atomic mass is 15.0. The monoisotopic (exact) mass is 419 g/mol. The van der Waals surface area contributed by atoms with Gasteiger partial charge in [-0.05, 0) is 35.7 Å². The summed E-state index contributed by atoms with van der Waals surface area (Å²) in [5, 5.41) is 7.97. The summed E-state index contributed by atoms with van der Waals surface area (Å²) < 4.78 is 0. The molecule has 0 fully saturated rings. The van der Waals surface area contributed by atoms with Crippen LogP contribution in [0.1, 0.15) is 11.1 Å². The number of hydrogen-bond acceptors (Lipinski definition) is 4. The predicted molar refractivity (Wildman–Crippen MR) is 132 cm³/mol. The third kappa shape index (κ3) is 4.62. The van der Waals surface area contributed by atoms with Crippen LogP contribution in [0.25, 0.3) is 22.3 Å². The Balaban J connectivity index is 1.32. The Labute approximate surface area is 187 Å². The predicted octanol–water partition coefficient (Wildman–Crippen LogP) is 5.89. The summed E-state index contributed by atoms with van der Waals surface area (Å²) in [5.74, 6) is 0.854. The topological polar surface area (TPSA) is 65.6 Å². The summed E-state index contributed by atoms with van der Waals surface area (Å²) in [6, 6.07) is 31.4. The van der Waals surface area contributed by atoms with Crippen molar-refractivity contribution in [1.82, 2.24) is 15.0 Å². The lowest BCUT2D eigenvalue weighted by atomic mass is 10.1. The number of H-pyrrole nitrogens is 1. The highest BCUT2D eigenvalue weighted by Crippen LogP contribution is 2.28. The molecule has 5 aromatic rings. The SMILES string of the molecule is c1ccc(CCNc2ncnc3[nH]c(-c4cccc(NCc5ccccc5)c4)cc23)cc1. The van der Waals surface area contributed by atoms with E-state index in [1.54, 1.807) is 6.33 Å². The van der Waals surface area contributed by atoms with E-state index in [0.717, 1.165) is 53.3 Å². The minimum absolute atomic E-state index is 0.790. The summed E-state index contributed by atoms with van der Waals surface area (Å²) in [6.07, 6.45) is 2.55. The average Bonchev–Trinajstić information content (AvgIpc) is 3.30. The van der Waals surface area contributed by atoms with Gasteiger partial charge in [0.2, 0.25) is 0 Å². The molecule has 3 N–H and O–H groups in total. The van der Waals surface area contributed by atoms with Crippen molar-refractivity contribution in [2.75, 3.05) is 17.2 Å². The van der Waals surface area contributed by atoms with Gasteiger partial charge in [-0.2, -0.15) is 0 Å². The summed E-state index contributed by atoms with van der Waals surface area (Å²) >= 11 is 0. The molecular weight excluding hydrogens is 394 g/mol. The van der Waals surface area contributed by atoms with Gasteiger partial charge in [-0.15, -0.1) is 0 Å². The molecule has 0 saturated carbocycles. The molecule has 0 aliphatic heterocycles. The molecule has 32 heavy (non-hydrogen) atoms. The Kier molecular flexibility index (Phi) is 5.79. The normalized spacial score (nSPS) is 10.9. The van der Waals surface area contributed by atoms with Crippen LogP contribution < -0.4 is 10.6 Å². The van der Waals surface area contributed by atoms with Gasteiger partial charge in [0, 0.05) is 30.0 Å². The van der Waals surface area contributed by atoms with Gasteiger partial charge in [0.05, 0.1) is 5.39 Å². The molecule has 3 aromatic carbocycles. The zero-order chi connectivity index (χ0) is 21.6. The zero-order valence-electron chi connectivity index (χ0n) is 17.8. The van der Waals surface area contributed by atoms with Gasteiger partial charge >= 0.3 is 0 Å². The van der Waals surface area contributed by atoms with Crippen LogP contribution in [-0.4, -0.2) is 21.5 Å². The van der Waals surface area contributed by atoms with Crippen molar-refractivity contribution in [3.8, 4) is 11.3 Å². The molecule has 0 saturated heterocycles. The van der Waals surface area contributed by atoms with Crippen LogP contribution in [0.2, 0.25) is 0 Å². The molecule has 5 nitrogen and oxygen atoms in total. The van der Waals surface area contributed by atoms with Crippen molar-refractivity contribution in [3.05, 3.63) is 108 Å². The van der Waals surface area contributed by atoms with E-state index in [2.05, 4.69) is 104 Å². The Morgan fingerprint density at radius 1 is 0.719 bits per heavy atom. The Morgan fingerprint density at radius 3 is 2.31 bits per heavy atom. The van der Waals surface area contributed by atoms with Crippen molar-refractivity contribution in [3.63, 3.8) is 0 Å². The third-order valence-corrected chi connectivity index (χ3v) is 5.49. The maximum Gasteiger partial charge on any atom is 0.143 e. The van der Waals surface area contributed by atoms with E-state index in [-0.39, 0.29) is 0 Å². The first kappa shape index (κ1) is 19.8. The highest BCUT2D eigenvalue weighted by molar-refractivity contribution is 5.91. The van der Waals surface area contributed by atoms with E-state index >= 15 is 0 Å². The fraction of sp³-hybridized carbons (Fsp3) is 0.111. The maximum absolute atomic E-state index is 4.47. The third-order valence-electron chi connectivity index (χ3n) is 5.49. The van der Waals surface area contributed by atoms with E-state index in [1.807, 2.05) is 12.1 Å². The number of rotatable bonds is 8. The van der Waals surface area contributed by atoms with Gasteiger partial charge in [-0.1, -0.05) is 72.8 Å². The lowest BCUT2D eigenvalue weighted by Gasteiger charge is -2.08. The van der Waals surface area contributed by atoms with Crippen molar-refractivity contribution in [2.45, 2.75) is 13.0 Å². The average molecular weight is 420 g/mol. The quantitative estimate of drug-likeness (QED) is 0.293. The van der Waals surface area contributed by atoms with E-state index in [9.17, 15) is 0 Å². The van der Waals surface area contributed by atoms with Crippen molar-refractivity contribution in [2.24, 2.45) is 0 Å². The van der Waals surface area contributed by atoms with Crippen LogP contribution in [0.15, 0.2) is 97.3 Å². The van der Waals surface area contributed by atoms with Gasteiger partial charge in [-0.3, -0.25) is 0 Å². The minimum atomic E-state index is 0.790. The number of aromatic amines is 1. The van der Waals surface area contributed by atoms with Gasteiger partial charge < -0.3 is 15.6 Å². The van der Waals surface area contributed by atoms with Crippen LogP contribution in [-0.2, 0) is 13.0 Å². The number of benzene rings is 3. The van der Waals surface area contributed by atoms with Crippen LogP contribution >= 0.6 is 0 Å². The molecule has 0 bridgehead atoms. The Bertz CT molecular complexity index is 1300. The summed E-state index contributed by atoms with van der Waals surface area (Å²) in [6.45, 7) is 1.60. The molecule has 0 amide bonds. The standard InChI is InChI=1S/C27H25N5/c1-3-8-20(9-4-1)14-15-28-26-24-17-25(32-27(24)31-19-30-26)22-12-7-13-23(16-22)29-18-21-10-5-2-6-11-21/h1-13,16-17,19,29H,14-15,18H2,(H2,28,30,31,32). The first-order valence-electron chi connectivity index (χ1n) is 10.8. The van der Waals surface area contributed by atoms with Gasteiger partial charge in [-0.25, -0.2) is 9.97 Å². The van der Waals surface area contributed by atoms with Crippen LogP contribution in [0.3, 0.4) is 0 Å². The van der Waals surface area contributed by atoms with Gasteiger partial charge in [0.1, 0.15) is 17.8 Å². The zero-order valence-corrected chi connectivity index (χ0v) is 17.8. The van der Waals surface area contributed by atoms with Gasteiger partial charge in [0.25, 0.3) is 0 Å². The number of nitrogens with one attached hydrogen (secondary N) is 3. The first-order chi connectivity index (χ1) is 15.8. The number of fused-ring (bicyclic) bond motifs is 1. The number of hydrogen-bond donors (Lipinski definition) is 3. The Morgan fingerprint density at radius 2 is 1.50 bits per heavy atom. The van der Waals surface area contributed by atoms with E-state index in [1.165, 1.54) is 11.1 Å². The number of anilines is 2. The maximum atomic E-state index is 4.47. The molecule has 2 aromatic heterocycles. The first-order valence-corrected chi connectivity index (χ1v) is 10.8. The lowest BCUT2D eigenvalue weighted by Crippen LogP contribution is -2.06. The molecular formula is C27H25N5. The smallest absolute Gasteiger partial charge is 0.143 e. The van der Waals surface area contributed by atoms with Crippen molar-refractivity contribution >= 4 is 22.5 Å². The molecule has 2 heterocycles. The molecule has 5 heteroatoms.